The van der Waals surface area contributed by atoms with Crippen LogP contribution in [0.15, 0.2) is 28.7 Å². The van der Waals surface area contributed by atoms with Crippen molar-refractivity contribution in [1.29, 1.82) is 0 Å². The van der Waals surface area contributed by atoms with Crippen LogP contribution in [0.4, 0.5) is 5.13 Å². The third kappa shape index (κ3) is 7.89. The average molecular weight is 562 g/mol. The van der Waals surface area contributed by atoms with Gasteiger partial charge in [0.1, 0.15) is 17.5 Å². The summed E-state index contributed by atoms with van der Waals surface area (Å²) in [7, 11) is -1.58. The molecule has 208 valence electrons. The normalized spacial score (nSPS) is 15.5. The van der Waals surface area contributed by atoms with Crippen molar-refractivity contribution in [2.45, 2.75) is 37.7 Å². The number of benzene rings is 1. The predicted octanol–water partition coefficient (Wildman–Crippen LogP) is -1.02. The molecule has 0 bridgehead atoms. The highest BCUT2D eigenvalue weighted by Crippen LogP contribution is 2.30. The minimum Gasteiger partial charge on any atom is -0.534 e. The van der Waals surface area contributed by atoms with Crippen LogP contribution in [0.2, 0.25) is 0 Å². The largest absolute Gasteiger partial charge is 0.547 e. The van der Waals surface area contributed by atoms with Crippen molar-refractivity contribution in [3.63, 3.8) is 0 Å². The van der Waals surface area contributed by atoms with E-state index in [0.29, 0.717) is 24.9 Å². The third-order valence-corrected chi connectivity index (χ3v) is 6.25. The minimum absolute atomic E-state index is 0.00111. The summed E-state index contributed by atoms with van der Waals surface area (Å²) < 4.78 is 5.38. The second-order valence-electron chi connectivity index (χ2n) is 8.42. The SMILES string of the molecule is NCCCC[C@H](NC(=O)CO/N=C(\C(=O)N[C@H]1Cc2cccc(C(=O)O)c2OB1O)c1csc(N)n1)C(=O)O. The first kappa shape index (κ1) is 29.3. The standard InChI is InChI=1S/C22H27BN6O9S/c24-7-2-1-6-13(21(34)35)26-16(30)9-37-29-17(14-10-39-22(25)27-14)19(31)28-15-8-11-4-3-5-12(20(32)33)18(11)38-23(15)36/h3-5,10,13,15,36H,1-2,6-9,24H2,(H2,25,27)(H,26,30)(H,28,31)(H,32,33)(H,34,35)/b29-17-/t13-,15-/m0/s1. The van der Waals surface area contributed by atoms with E-state index in [4.69, 9.17) is 21.0 Å². The molecule has 3 rings (SSSR count). The van der Waals surface area contributed by atoms with Gasteiger partial charge >= 0.3 is 19.1 Å². The fourth-order valence-electron chi connectivity index (χ4n) is 3.70. The zero-order chi connectivity index (χ0) is 28.5. The molecular formula is C22H27BN6O9S. The monoisotopic (exact) mass is 562 g/mol. The molecule has 0 unspecified atom stereocenters. The van der Waals surface area contributed by atoms with Gasteiger partial charge in [0.05, 0.1) is 11.5 Å². The summed E-state index contributed by atoms with van der Waals surface area (Å²) in [6.45, 7) is -0.304. The fourth-order valence-corrected chi connectivity index (χ4v) is 4.24. The smallest absolute Gasteiger partial charge is 0.534 e. The topological polar surface area (TPSA) is 249 Å². The van der Waals surface area contributed by atoms with Crippen LogP contribution in [0.3, 0.4) is 0 Å². The van der Waals surface area contributed by atoms with Gasteiger partial charge in [0.25, 0.3) is 11.8 Å². The first-order valence-corrected chi connectivity index (χ1v) is 12.6. The minimum atomic E-state index is -1.58. The number of hydrogen-bond donors (Lipinski definition) is 7. The molecule has 0 aliphatic carbocycles. The van der Waals surface area contributed by atoms with Crippen molar-refractivity contribution in [3.05, 3.63) is 40.4 Å². The van der Waals surface area contributed by atoms with Gasteiger partial charge in [-0.05, 0) is 43.9 Å². The summed E-state index contributed by atoms with van der Waals surface area (Å²) in [5, 5.41) is 39.2. The molecule has 0 saturated heterocycles. The number of nitrogen functional groups attached to an aromatic ring is 1. The highest BCUT2D eigenvalue weighted by Gasteiger charge is 2.38. The van der Waals surface area contributed by atoms with Crippen LogP contribution in [0.25, 0.3) is 0 Å². The molecule has 1 aromatic heterocycles. The molecule has 17 heteroatoms. The average Bonchev–Trinajstić information content (AvgIpc) is 3.31. The quantitative estimate of drug-likeness (QED) is 0.0671. The molecule has 0 radical (unpaired) electrons. The molecule has 2 atom stereocenters. The summed E-state index contributed by atoms with van der Waals surface area (Å²) in [4.78, 5) is 57.2. The number of carboxylic acid groups (broad SMARTS) is 2. The highest BCUT2D eigenvalue weighted by molar-refractivity contribution is 7.13. The molecular weight excluding hydrogens is 535 g/mol. The lowest BCUT2D eigenvalue weighted by Crippen LogP contribution is -2.54. The maximum atomic E-state index is 13.1. The number of fused-ring (bicyclic) bond motifs is 1. The van der Waals surface area contributed by atoms with Gasteiger partial charge in [-0.3, -0.25) is 9.59 Å². The van der Waals surface area contributed by atoms with Gasteiger partial charge in [-0.2, -0.15) is 0 Å². The second kappa shape index (κ2) is 13.5. The summed E-state index contributed by atoms with van der Waals surface area (Å²) in [6.07, 6.45) is 1.32. The van der Waals surface area contributed by atoms with Crippen LogP contribution in [0.5, 0.6) is 5.75 Å². The van der Waals surface area contributed by atoms with Crippen molar-refractivity contribution in [2.75, 3.05) is 18.9 Å². The fraction of sp³-hybridized carbons (Fsp3) is 0.364. The molecule has 2 amide bonds. The Bertz CT molecular complexity index is 1260. The Kier molecular flexibility index (Phi) is 10.2. The number of unbranched alkanes of at least 4 members (excludes halogenated alkanes) is 1. The second-order valence-corrected chi connectivity index (χ2v) is 9.31. The Balaban J connectivity index is 1.69. The van der Waals surface area contributed by atoms with Gasteiger partial charge < -0.3 is 46.8 Å². The number of aliphatic carboxylic acids is 1. The number of nitrogens with zero attached hydrogens (tertiary/aromatic N) is 2. The van der Waals surface area contributed by atoms with Gasteiger partial charge in [-0.15, -0.1) is 11.3 Å². The van der Waals surface area contributed by atoms with Crippen molar-refractivity contribution in [3.8, 4) is 5.75 Å². The number of amides is 2. The number of hydrogen-bond acceptors (Lipinski definition) is 12. The lowest BCUT2D eigenvalue weighted by molar-refractivity contribution is -0.142. The number of aromatic nitrogens is 1. The predicted molar refractivity (Wildman–Crippen MR) is 139 cm³/mol. The third-order valence-electron chi connectivity index (χ3n) is 5.58. The van der Waals surface area contributed by atoms with Crippen LogP contribution in [-0.2, 0) is 25.6 Å². The van der Waals surface area contributed by atoms with E-state index in [9.17, 15) is 34.4 Å². The van der Waals surface area contributed by atoms with E-state index in [1.165, 1.54) is 17.5 Å². The van der Waals surface area contributed by atoms with Crippen LogP contribution < -0.4 is 26.8 Å². The number of nitrogens with two attached hydrogens (primary N) is 2. The molecule has 0 spiro atoms. The van der Waals surface area contributed by atoms with Crippen LogP contribution in [0, 0.1) is 0 Å². The van der Waals surface area contributed by atoms with Gasteiger partial charge in [0.2, 0.25) is 0 Å². The van der Waals surface area contributed by atoms with Crippen molar-refractivity contribution in [2.24, 2.45) is 10.9 Å². The number of oxime groups is 1. The lowest BCUT2D eigenvalue weighted by atomic mass is 9.72. The summed E-state index contributed by atoms with van der Waals surface area (Å²) in [5.74, 6) is -5.07. The Labute approximate surface area is 226 Å². The molecule has 9 N–H and O–H groups in total. The number of nitrogens with one attached hydrogen (secondary N) is 2. The van der Waals surface area contributed by atoms with E-state index < -0.39 is 49.5 Å². The molecule has 1 aliphatic heterocycles. The van der Waals surface area contributed by atoms with Crippen LogP contribution in [-0.4, -0.2) is 81.9 Å². The van der Waals surface area contributed by atoms with Gasteiger partial charge in [0, 0.05) is 5.38 Å². The molecule has 39 heavy (non-hydrogen) atoms. The molecule has 1 aliphatic rings. The van der Waals surface area contributed by atoms with E-state index in [-0.39, 0.29) is 40.7 Å². The number of thiazole rings is 1. The Morgan fingerprint density at radius 1 is 1.28 bits per heavy atom. The van der Waals surface area contributed by atoms with Crippen LogP contribution in [0.1, 0.15) is 40.9 Å². The zero-order valence-corrected chi connectivity index (χ0v) is 21.3. The molecule has 2 heterocycles. The molecule has 1 aromatic carbocycles. The molecule has 0 saturated carbocycles. The summed E-state index contributed by atoms with van der Waals surface area (Å²) in [5.41, 5.74) is 11.1. The van der Waals surface area contributed by atoms with E-state index in [2.05, 4.69) is 20.8 Å². The molecule has 2 aromatic rings. The van der Waals surface area contributed by atoms with Crippen molar-refractivity contribution in [1.82, 2.24) is 15.6 Å². The van der Waals surface area contributed by atoms with E-state index >= 15 is 0 Å². The maximum absolute atomic E-state index is 13.1. The lowest BCUT2D eigenvalue weighted by Gasteiger charge is -2.28. The number of anilines is 1. The highest BCUT2D eigenvalue weighted by atomic mass is 32.1. The zero-order valence-electron chi connectivity index (χ0n) is 20.5. The van der Waals surface area contributed by atoms with Crippen LogP contribution >= 0.6 is 11.3 Å². The summed E-state index contributed by atoms with van der Waals surface area (Å²) in [6, 6.07) is 3.30. The Morgan fingerprint density at radius 3 is 2.69 bits per heavy atom. The Hall–Kier alpha value is -4.22. The van der Waals surface area contributed by atoms with E-state index in [0.717, 1.165) is 11.3 Å². The number of aromatic carboxylic acids is 1. The maximum Gasteiger partial charge on any atom is 0.547 e. The number of rotatable bonds is 13. The molecule has 0 fully saturated rings. The van der Waals surface area contributed by atoms with Crippen molar-refractivity contribution >= 4 is 53.1 Å². The summed E-state index contributed by atoms with van der Waals surface area (Å²) >= 11 is 1.02. The molecule has 15 nitrogen and oxygen atoms in total. The van der Waals surface area contributed by atoms with E-state index in [1.54, 1.807) is 6.07 Å². The number of carbonyl (C=O) groups is 4. The number of carboxylic acids is 2. The number of carbonyl (C=O) groups excluding carboxylic acids is 2. The van der Waals surface area contributed by atoms with Gasteiger partial charge in [-0.25, -0.2) is 14.6 Å². The van der Waals surface area contributed by atoms with Crippen molar-refractivity contribution < 1.29 is 43.9 Å². The first-order valence-electron chi connectivity index (χ1n) is 11.7. The van der Waals surface area contributed by atoms with E-state index in [1.807, 2.05) is 0 Å². The Morgan fingerprint density at radius 2 is 2.05 bits per heavy atom. The van der Waals surface area contributed by atoms with Gasteiger partial charge in [-0.1, -0.05) is 17.3 Å². The number of para-hydroxylation sites is 1. The van der Waals surface area contributed by atoms with Gasteiger partial charge in [0.15, 0.2) is 17.5 Å². The first-order chi connectivity index (χ1) is 18.6.